The molecule has 0 saturated carbocycles. The molecule has 0 amide bonds. The highest BCUT2D eigenvalue weighted by Gasteiger charge is 2.10. The maximum Gasteiger partial charge on any atom is 0.338 e. The van der Waals surface area contributed by atoms with Gasteiger partial charge in [-0.05, 0) is 43.7 Å². The topological polar surface area (TPSA) is 52.1 Å². The molecule has 2 aromatic heterocycles. The molecule has 0 saturated heterocycles. The quantitative estimate of drug-likeness (QED) is 0.638. The van der Waals surface area contributed by atoms with Crippen molar-refractivity contribution in [2.75, 3.05) is 6.61 Å². The lowest BCUT2D eigenvalue weighted by Gasteiger charge is -2.05. The molecule has 0 spiro atoms. The van der Waals surface area contributed by atoms with Crippen molar-refractivity contribution in [1.82, 2.24) is 9.97 Å². The number of esters is 1. The van der Waals surface area contributed by atoms with Crippen molar-refractivity contribution in [3.63, 3.8) is 0 Å². The molecule has 2 heterocycles. The van der Waals surface area contributed by atoms with E-state index >= 15 is 0 Å². The number of aromatic nitrogens is 2. The van der Waals surface area contributed by atoms with Gasteiger partial charge in [0.2, 0.25) is 0 Å². The second-order valence-corrected chi connectivity index (χ2v) is 4.39. The monoisotopic (exact) mass is 276 g/mol. The van der Waals surface area contributed by atoms with Gasteiger partial charge in [0.15, 0.2) is 0 Å². The molecule has 4 nitrogen and oxygen atoms in total. The summed E-state index contributed by atoms with van der Waals surface area (Å²) in [6, 6.07) is 6.89. The fourth-order valence-electron chi connectivity index (χ4n) is 1.67. The van der Waals surface area contributed by atoms with E-state index in [9.17, 15) is 4.79 Å². The van der Waals surface area contributed by atoms with E-state index in [0.29, 0.717) is 28.7 Å². The van der Waals surface area contributed by atoms with Gasteiger partial charge in [0.25, 0.3) is 0 Å². The van der Waals surface area contributed by atoms with Crippen LogP contribution in [0.25, 0.3) is 11.4 Å². The van der Waals surface area contributed by atoms with Crippen molar-refractivity contribution in [1.29, 1.82) is 0 Å². The van der Waals surface area contributed by atoms with Crippen LogP contribution in [0, 0.1) is 6.92 Å². The fourth-order valence-corrected chi connectivity index (χ4v) is 1.93. The summed E-state index contributed by atoms with van der Waals surface area (Å²) in [6.07, 6.45) is 1.56. The molecule has 0 aliphatic rings. The number of aryl methyl sites for hydroxylation is 1. The summed E-state index contributed by atoms with van der Waals surface area (Å²) >= 11 is 5.92. The summed E-state index contributed by atoms with van der Waals surface area (Å²) in [5, 5.41) is 0.401. The van der Waals surface area contributed by atoms with Gasteiger partial charge in [0.05, 0.1) is 23.6 Å². The molecule has 0 unspecified atom stereocenters. The predicted molar refractivity (Wildman–Crippen MR) is 73.2 cm³/mol. The zero-order valence-electron chi connectivity index (χ0n) is 10.7. The van der Waals surface area contributed by atoms with Crippen molar-refractivity contribution in [2.45, 2.75) is 13.8 Å². The predicted octanol–water partition coefficient (Wildman–Crippen LogP) is 3.28. The Bertz CT molecular complexity index is 594. The number of ether oxygens (including phenoxy) is 1. The molecule has 5 heteroatoms. The van der Waals surface area contributed by atoms with Crippen molar-refractivity contribution in [3.8, 4) is 11.4 Å². The zero-order chi connectivity index (χ0) is 13.8. The third-order valence-corrected chi connectivity index (χ3v) is 2.67. The second-order valence-electron chi connectivity index (χ2n) is 4.00. The number of hydrogen-bond acceptors (Lipinski definition) is 4. The minimum atomic E-state index is -0.370. The van der Waals surface area contributed by atoms with Crippen LogP contribution in [0.3, 0.4) is 0 Å². The van der Waals surface area contributed by atoms with Gasteiger partial charge in [-0.3, -0.25) is 4.98 Å². The number of hydrogen-bond donors (Lipinski definition) is 0. The first kappa shape index (κ1) is 13.5. The van der Waals surface area contributed by atoms with Crippen molar-refractivity contribution < 1.29 is 9.53 Å². The fraction of sp³-hybridized carbons (Fsp3) is 0.214. The summed E-state index contributed by atoms with van der Waals surface area (Å²) in [4.78, 5) is 20.1. The average molecular weight is 277 g/mol. The molecule has 2 aromatic rings. The van der Waals surface area contributed by atoms with E-state index in [1.54, 1.807) is 31.3 Å². The van der Waals surface area contributed by atoms with Gasteiger partial charge < -0.3 is 4.74 Å². The smallest absolute Gasteiger partial charge is 0.338 e. The van der Waals surface area contributed by atoms with Gasteiger partial charge in [-0.2, -0.15) is 0 Å². The summed E-state index contributed by atoms with van der Waals surface area (Å²) < 4.78 is 4.95. The molecule has 98 valence electrons. The van der Waals surface area contributed by atoms with Gasteiger partial charge in [0.1, 0.15) is 5.15 Å². The minimum Gasteiger partial charge on any atom is -0.462 e. The number of carbonyl (C=O) groups excluding carboxylic acids is 1. The first-order chi connectivity index (χ1) is 9.10. The number of rotatable bonds is 3. The highest BCUT2D eigenvalue weighted by molar-refractivity contribution is 6.29. The first-order valence-electron chi connectivity index (χ1n) is 5.88. The van der Waals surface area contributed by atoms with E-state index in [0.717, 1.165) is 5.56 Å². The van der Waals surface area contributed by atoms with Crippen LogP contribution in [0.2, 0.25) is 5.15 Å². The SMILES string of the molecule is CCOC(=O)c1ccnc(-c2cc(C)cc(Cl)n2)c1. The lowest BCUT2D eigenvalue weighted by molar-refractivity contribution is 0.0526. The van der Waals surface area contributed by atoms with Crippen LogP contribution in [0.1, 0.15) is 22.8 Å². The first-order valence-corrected chi connectivity index (χ1v) is 6.25. The molecule has 0 atom stereocenters. The Morgan fingerprint density at radius 3 is 2.79 bits per heavy atom. The van der Waals surface area contributed by atoms with Gasteiger partial charge in [-0.25, -0.2) is 9.78 Å². The van der Waals surface area contributed by atoms with E-state index in [2.05, 4.69) is 9.97 Å². The van der Waals surface area contributed by atoms with Crippen LogP contribution in [0.4, 0.5) is 0 Å². The van der Waals surface area contributed by atoms with Crippen LogP contribution in [0.5, 0.6) is 0 Å². The highest BCUT2D eigenvalue weighted by Crippen LogP contribution is 2.20. The highest BCUT2D eigenvalue weighted by atomic mass is 35.5. The lowest BCUT2D eigenvalue weighted by Crippen LogP contribution is -2.05. The van der Waals surface area contributed by atoms with Crippen LogP contribution < -0.4 is 0 Å². The Morgan fingerprint density at radius 2 is 2.11 bits per heavy atom. The Hall–Kier alpha value is -1.94. The number of pyridine rings is 2. The molecular weight excluding hydrogens is 264 g/mol. The maximum atomic E-state index is 11.7. The molecular formula is C14H13ClN2O2. The number of nitrogens with zero attached hydrogens (tertiary/aromatic N) is 2. The normalized spacial score (nSPS) is 10.3. The van der Waals surface area contributed by atoms with Crippen molar-refractivity contribution in [3.05, 3.63) is 46.7 Å². The van der Waals surface area contributed by atoms with E-state index in [-0.39, 0.29) is 5.97 Å². The summed E-state index contributed by atoms with van der Waals surface area (Å²) in [5.74, 6) is -0.370. The molecule has 0 N–H and O–H groups in total. The van der Waals surface area contributed by atoms with E-state index in [1.807, 2.05) is 13.0 Å². The summed E-state index contributed by atoms with van der Waals surface area (Å²) in [6.45, 7) is 4.03. The van der Waals surface area contributed by atoms with E-state index in [1.165, 1.54) is 0 Å². The zero-order valence-corrected chi connectivity index (χ0v) is 11.4. The van der Waals surface area contributed by atoms with Gasteiger partial charge >= 0.3 is 5.97 Å². The molecule has 0 bridgehead atoms. The standard InChI is InChI=1S/C14H13ClN2O2/c1-3-19-14(18)10-4-5-16-11(8-10)12-6-9(2)7-13(15)17-12/h4-8H,3H2,1-2H3. The maximum absolute atomic E-state index is 11.7. The molecule has 0 aliphatic heterocycles. The number of carbonyl (C=O) groups is 1. The molecule has 0 radical (unpaired) electrons. The largest absolute Gasteiger partial charge is 0.462 e. The second kappa shape index (κ2) is 5.80. The average Bonchev–Trinajstić information content (AvgIpc) is 2.38. The van der Waals surface area contributed by atoms with Gasteiger partial charge in [0, 0.05) is 6.20 Å². The summed E-state index contributed by atoms with van der Waals surface area (Å²) in [7, 11) is 0. The van der Waals surface area contributed by atoms with E-state index < -0.39 is 0 Å². The Balaban J connectivity index is 2.40. The molecule has 2 rings (SSSR count). The van der Waals surface area contributed by atoms with E-state index in [4.69, 9.17) is 16.3 Å². The summed E-state index contributed by atoms with van der Waals surface area (Å²) in [5.41, 5.74) is 2.66. The van der Waals surface area contributed by atoms with Gasteiger partial charge in [-0.1, -0.05) is 11.6 Å². The van der Waals surface area contributed by atoms with Crippen LogP contribution in [0.15, 0.2) is 30.5 Å². The Labute approximate surface area is 116 Å². The number of halogens is 1. The molecule has 19 heavy (non-hydrogen) atoms. The third-order valence-electron chi connectivity index (χ3n) is 2.47. The van der Waals surface area contributed by atoms with Crippen molar-refractivity contribution >= 4 is 17.6 Å². The Kier molecular flexibility index (Phi) is 4.12. The molecule has 0 aromatic carbocycles. The van der Waals surface area contributed by atoms with Crippen LogP contribution in [-0.2, 0) is 4.74 Å². The Morgan fingerprint density at radius 1 is 1.32 bits per heavy atom. The molecule has 0 fully saturated rings. The van der Waals surface area contributed by atoms with Gasteiger partial charge in [-0.15, -0.1) is 0 Å². The minimum absolute atomic E-state index is 0.338. The van der Waals surface area contributed by atoms with Crippen LogP contribution in [-0.4, -0.2) is 22.5 Å². The van der Waals surface area contributed by atoms with Crippen LogP contribution >= 0.6 is 11.6 Å². The van der Waals surface area contributed by atoms with Crippen molar-refractivity contribution in [2.24, 2.45) is 0 Å². The third kappa shape index (κ3) is 3.29. The lowest BCUT2D eigenvalue weighted by atomic mass is 10.1. The molecule has 0 aliphatic carbocycles.